The normalized spacial score (nSPS) is 17.8. The summed E-state index contributed by atoms with van der Waals surface area (Å²) in [5.74, 6) is 0.0757. The Labute approximate surface area is 167 Å². The molecule has 0 bridgehead atoms. The van der Waals surface area contributed by atoms with Crippen LogP contribution >= 0.6 is 0 Å². The summed E-state index contributed by atoms with van der Waals surface area (Å²) < 4.78 is 10.9. The molecule has 1 atom stereocenters. The number of benzene rings is 1. The monoisotopic (exact) mass is 391 g/mol. The SMILES string of the molecule is CC(C)(C)OC(=O)Nc1cc(N)ccc1C1CCCN(C(=O)OC(C)(C)C)C1. The maximum atomic E-state index is 12.5. The number of nitrogen functional groups attached to an aromatic ring is 1. The van der Waals surface area contributed by atoms with Gasteiger partial charge in [-0.15, -0.1) is 0 Å². The van der Waals surface area contributed by atoms with Gasteiger partial charge in [-0.25, -0.2) is 9.59 Å². The van der Waals surface area contributed by atoms with Gasteiger partial charge in [0.25, 0.3) is 0 Å². The Balaban J connectivity index is 2.17. The lowest BCUT2D eigenvalue weighted by atomic mass is 9.89. The van der Waals surface area contributed by atoms with E-state index in [0.29, 0.717) is 24.5 Å². The summed E-state index contributed by atoms with van der Waals surface area (Å²) in [5, 5.41) is 2.81. The van der Waals surface area contributed by atoms with E-state index < -0.39 is 17.3 Å². The highest BCUT2D eigenvalue weighted by Gasteiger charge is 2.30. The van der Waals surface area contributed by atoms with E-state index in [2.05, 4.69) is 5.32 Å². The Morgan fingerprint density at radius 3 is 2.36 bits per heavy atom. The van der Waals surface area contributed by atoms with E-state index in [1.165, 1.54) is 0 Å². The van der Waals surface area contributed by atoms with Crippen LogP contribution in [-0.2, 0) is 9.47 Å². The molecule has 0 aromatic heterocycles. The number of nitrogens with one attached hydrogen (secondary N) is 1. The molecule has 1 fully saturated rings. The first-order valence-corrected chi connectivity index (χ1v) is 9.71. The number of hydrogen-bond acceptors (Lipinski definition) is 5. The molecule has 1 heterocycles. The van der Waals surface area contributed by atoms with Crippen molar-refractivity contribution in [2.45, 2.75) is 71.5 Å². The number of rotatable bonds is 2. The van der Waals surface area contributed by atoms with Crippen LogP contribution in [0.5, 0.6) is 0 Å². The molecule has 1 saturated heterocycles. The topological polar surface area (TPSA) is 93.9 Å². The Morgan fingerprint density at radius 1 is 1.11 bits per heavy atom. The van der Waals surface area contributed by atoms with E-state index in [1.54, 1.807) is 11.0 Å². The smallest absolute Gasteiger partial charge is 0.412 e. The number of likely N-dealkylation sites (tertiary alicyclic amines) is 1. The number of carbonyl (C=O) groups is 2. The van der Waals surface area contributed by atoms with E-state index in [1.807, 2.05) is 53.7 Å². The largest absolute Gasteiger partial charge is 0.444 e. The maximum Gasteiger partial charge on any atom is 0.412 e. The van der Waals surface area contributed by atoms with Crippen LogP contribution in [0.15, 0.2) is 18.2 Å². The third-order valence-corrected chi connectivity index (χ3v) is 4.23. The summed E-state index contributed by atoms with van der Waals surface area (Å²) >= 11 is 0. The summed E-state index contributed by atoms with van der Waals surface area (Å²) in [5.41, 5.74) is 6.91. The van der Waals surface area contributed by atoms with Crippen LogP contribution in [0.1, 0.15) is 65.9 Å². The van der Waals surface area contributed by atoms with E-state index in [-0.39, 0.29) is 12.0 Å². The van der Waals surface area contributed by atoms with Gasteiger partial charge in [0.2, 0.25) is 0 Å². The summed E-state index contributed by atoms with van der Waals surface area (Å²) in [6.07, 6.45) is 0.931. The van der Waals surface area contributed by atoms with Gasteiger partial charge < -0.3 is 20.1 Å². The van der Waals surface area contributed by atoms with Crippen molar-refractivity contribution in [3.8, 4) is 0 Å². The first-order chi connectivity index (χ1) is 12.8. The van der Waals surface area contributed by atoms with Crippen molar-refractivity contribution in [1.82, 2.24) is 4.90 Å². The van der Waals surface area contributed by atoms with E-state index in [0.717, 1.165) is 18.4 Å². The molecule has 1 aliphatic rings. The van der Waals surface area contributed by atoms with Crippen molar-refractivity contribution in [3.63, 3.8) is 0 Å². The minimum Gasteiger partial charge on any atom is -0.444 e. The zero-order valence-corrected chi connectivity index (χ0v) is 17.8. The summed E-state index contributed by atoms with van der Waals surface area (Å²) in [6, 6.07) is 5.44. The fourth-order valence-corrected chi connectivity index (χ4v) is 3.18. The number of ether oxygens (including phenoxy) is 2. The zero-order chi connectivity index (χ0) is 21.1. The second kappa shape index (κ2) is 8.29. The Hall–Kier alpha value is -2.44. The van der Waals surface area contributed by atoms with Gasteiger partial charge in [-0.3, -0.25) is 5.32 Å². The molecule has 7 heteroatoms. The number of anilines is 2. The standard InChI is InChI=1S/C21H33N3O4/c1-20(2,3)27-18(25)23-17-12-15(22)9-10-16(17)14-8-7-11-24(13-14)19(26)28-21(4,5)6/h9-10,12,14H,7-8,11,13,22H2,1-6H3,(H,23,25). The second-order valence-electron chi connectivity index (χ2n) is 9.24. The molecule has 28 heavy (non-hydrogen) atoms. The van der Waals surface area contributed by atoms with Gasteiger partial charge in [0.15, 0.2) is 0 Å². The van der Waals surface area contributed by atoms with Gasteiger partial charge in [-0.05, 0) is 72.1 Å². The van der Waals surface area contributed by atoms with Crippen LogP contribution in [0.4, 0.5) is 21.0 Å². The van der Waals surface area contributed by atoms with Gasteiger partial charge in [-0.2, -0.15) is 0 Å². The van der Waals surface area contributed by atoms with Crippen LogP contribution in [0.2, 0.25) is 0 Å². The molecule has 3 N–H and O–H groups in total. The number of piperidine rings is 1. The lowest BCUT2D eigenvalue weighted by Crippen LogP contribution is -2.42. The first kappa shape index (κ1) is 21.9. The van der Waals surface area contributed by atoms with E-state index >= 15 is 0 Å². The molecule has 0 radical (unpaired) electrons. The molecule has 7 nitrogen and oxygen atoms in total. The highest BCUT2D eigenvalue weighted by atomic mass is 16.6. The molecule has 1 aromatic carbocycles. The quantitative estimate of drug-likeness (QED) is 0.711. The van der Waals surface area contributed by atoms with Gasteiger partial charge in [-0.1, -0.05) is 6.07 Å². The maximum absolute atomic E-state index is 12.5. The molecule has 1 aliphatic heterocycles. The molecular formula is C21H33N3O4. The van der Waals surface area contributed by atoms with Crippen molar-refractivity contribution < 1.29 is 19.1 Å². The number of hydrogen-bond donors (Lipinski definition) is 2. The molecule has 0 saturated carbocycles. The highest BCUT2D eigenvalue weighted by molar-refractivity contribution is 5.87. The molecule has 2 amide bonds. The van der Waals surface area contributed by atoms with Gasteiger partial charge in [0.1, 0.15) is 11.2 Å². The van der Waals surface area contributed by atoms with Crippen molar-refractivity contribution >= 4 is 23.6 Å². The Kier molecular flexibility index (Phi) is 6.47. The number of nitrogens with two attached hydrogens (primary N) is 1. The Bertz CT molecular complexity index is 719. The van der Waals surface area contributed by atoms with Crippen molar-refractivity contribution in [3.05, 3.63) is 23.8 Å². The molecule has 1 unspecified atom stereocenters. The van der Waals surface area contributed by atoms with E-state index in [9.17, 15) is 9.59 Å². The first-order valence-electron chi connectivity index (χ1n) is 9.71. The fourth-order valence-electron chi connectivity index (χ4n) is 3.18. The van der Waals surface area contributed by atoms with Crippen LogP contribution in [-0.4, -0.2) is 41.4 Å². The third-order valence-electron chi connectivity index (χ3n) is 4.23. The lowest BCUT2D eigenvalue weighted by Gasteiger charge is -2.35. The van der Waals surface area contributed by atoms with Crippen LogP contribution in [0, 0.1) is 0 Å². The minimum absolute atomic E-state index is 0.0757. The number of nitrogens with zero attached hydrogens (tertiary/aromatic N) is 1. The number of amides is 2. The molecular weight excluding hydrogens is 358 g/mol. The summed E-state index contributed by atoms with van der Waals surface area (Å²) in [6.45, 7) is 12.2. The predicted octanol–water partition coefficient (Wildman–Crippen LogP) is 4.73. The average molecular weight is 392 g/mol. The molecule has 2 rings (SSSR count). The van der Waals surface area contributed by atoms with E-state index in [4.69, 9.17) is 15.2 Å². The van der Waals surface area contributed by atoms with Gasteiger partial charge in [0.05, 0.1) is 0 Å². The number of carbonyl (C=O) groups excluding carboxylic acids is 2. The molecule has 0 spiro atoms. The zero-order valence-electron chi connectivity index (χ0n) is 17.8. The van der Waals surface area contributed by atoms with Crippen LogP contribution in [0.25, 0.3) is 0 Å². The van der Waals surface area contributed by atoms with Gasteiger partial charge in [0, 0.05) is 30.4 Å². The predicted molar refractivity (Wildman–Crippen MR) is 110 cm³/mol. The van der Waals surface area contributed by atoms with Crippen LogP contribution in [0.3, 0.4) is 0 Å². The van der Waals surface area contributed by atoms with Crippen molar-refractivity contribution in [2.75, 3.05) is 24.1 Å². The fraction of sp³-hybridized carbons (Fsp3) is 0.619. The highest BCUT2D eigenvalue weighted by Crippen LogP contribution is 2.34. The van der Waals surface area contributed by atoms with Crippen LogP contribution < -0.4 is 11.1 Å². The molecule has 156 valence electrons. The second-order valence-corrected chi connectivity index (χ2v) is 9.24. The van der Waals surface area contributed by atoms with Crippen molar-refractivity contribution in [1.29, 1.82) is 0 Å². The lowest BCUT2D eigenvalue weighted by molar-refractivity contribution is 0.0198. The third kappa shape index (κ3) is 6.62. The summed E-state index contributed by atoms with van der Waals surface area (Å²) in [4.78, 5) is 26.4. The Morgan fingerprint density at radius 2 is 1.75 bits per heavy atom. The molecule has 1 aromatic rings. The van der Waals surface area contributed by atoms with Crippen molar-refractivity contribution in [2.24, 2.45) is 0 Å². The average Bonchev–Trinajstić information content (AvgIpc) is 2.51. The molecule has 0 aliphatic carbocycles. The minimum atomic E-state index is -0.594. The summed E-state index contributed by atoms with van der Waals surface area (Å²) in [7, 11) is 0. The van der Waals surface area contributed by atoms with Gasteiger partial charge >= 0.3 is 12.2 Å².